The van der Waals surface area contributed by atoms with Gasteiger partial charge in [0.1, 0.15) is 11.5 Å². The molecule has 0 atom stereocenters. The summed E-state index contributed by atoms with van der Waals surface area (Å²) in [7, 11) is 0. The number of aromatic nitrogens is 2. The van der Waals surface area contributed by atoms with E-state index in [4.69, 9.17) is 11.6 Å². The number of amides is 1. The van der Waals surface area contributed by atoms with Gasteiger partial charge in [-0.2, -0.15) is 5.10 Å². The van der Waals surface area contributed by atoms with Crippen molar-refractivity contribution in [3.63, 3.8) is 0 Å². The first-order chi connectivity index (χ1) is 12.1. The summed E-state index contributed by atoms with van der Waals surface area (Å²) in [6.07, 6.45) is 2.09. The van der Waals surface area contributed by atoms with Crippen molar-refractivity contribution in [2.75, 3.05) is 5.32 Å². The minimum atomic E-state index is -0.347. The van der Waals surface area contributed by atoms with Crippen LogP contribution in [0.25, 0.3) is 11.3 Å². The Morgan fingerprint density at radius 3 is 2.72 bits per heavy atom. The van der Waals surface area contributed by atoms with Gasteiger partial charge in [-0.15, -0.1) is 0 Å². The Morgan fingerprint density at radius 1 is 1.20 bits per heavy atom. The molecule has 0 radical (unpaired) electrons. The number of carbonyl (C=O) groups is 1. The van der Waals surface area contributed by atoms with Crippen LogP contribution in [-0.2, 0) is 0 Å². The van der Waals surface area contributed by atoms with Gasteiger partial charge >= 0.3 is 0 Å². The molecule has 0 saturated heterocycles. The predicted octanol–water partition coefficient (Wildman–Crippen LogP) is 5.00. The van der Waals surface area contributed by atoms with E-state index in [9.17, 15) is 9.18 Å². The Morgan fingerprint density at radius 2 is 2.00 bits per heavy atom. The minimum Gasteiger partial charge on any atom is -0.319 e. The van der Waals surface area contributed by atoms with Crippen molar-refractivity contribution >= 4 is 23.2 Å². The molecular formula is C19H15ClFN3O. The Labute approximate surface area is 149 Å². The molecule has 2 N–H and O–H groups in total. The maximum atomic E-state index is 13.6. The normalized spacial score (nSPS) is 13.7. The number of nitrogens with zero attached hydrogens (tertiary/aromatic N) is 1. The first-order valence-electron chi connectivity index (χ1n) is 8.03. The van der Waals surface area contributed by atoms with E-state index in [1.54, 1.807) is 36.4 Å². The van der Waals surface area contributed by atoms with Crippen molar-refractivity contribution in [1.82, 2.24) is 10.2 Å². The van der Waals surface area contributed by atoms with Crippen LogP contribution in [0.5, 0.6) is 0 Å². The summed E-state index contributed by atoms with van der Waals surface area (Å²) >= 11 is 5.97. The first-order valence-corrected chi connectivity index (χ1v) is 8.41. The van der Waals surface area contributed by atoms with Gasteiger partial charge in [0.15, 0.2) is 0 Å². The standard InChI is InChI=1S/C19H15ClFN3O/c20-14-5-1-4-13(9-14)19(25)22-18-16(11-7-8-11)23-24-17(18)12-3-2-6-15(21)10-12/h1-6,9-11H,7-8H2,(H,22,25)(H,23,24). The van der Waals surface area contributed by atoms with E-state index < -0.39 is 0 Å². The Kier molecular flexibility index (Phi) is 4.01. The summed E-state index contributed by atoms with van der Waals surface area (Å²) in [5.41, 5.74) is 3.11. The Balaban J connectivity index is 1.72. The Hall–Kier alpha value is -2.66. The van der Waals surface area contributed by atoms with E-state index in [0.29, 0.717) is 33.4 Å². The van der Waals surface area contributed by atoms with E-state index in [0.717, 1.165) is 18.5 Å². The number of hydrogen-bond acceptors (Lipinski definition) is 2. The molecule has 3 aromatic rings. The van der Waals surface area contributed by atoms with Crippen LogP contribution in [0.3, 0.4) is 0 Å². The van der Waals surface area contributed by atoms with Gasteiger partial charge in [0.05, 0.1) is 11.4 Å². The van der Waals surface area contributed by atoms with Crippen molar-refractivity contribution in [2.45, 2.75) is 18.8 Å². The summed E-state index contributed by atoms with van der Waals surface area (Å²) in [6.45, 7) is 0. The average Bonchev–Trinajstić information content (AvgIpc) is 3.36. The molecule has 0 unspecified atom stereocenters. The number of halogens is 2. The lowest BCUT2D eigenvalue weighted by Gasteiger charge is -2.09. The summed E-state index contributed by atoms with van der Waals surface area (Å²) in [5.74, 6) is -0.270. The number of aromatic amines is 1. The maximum Gasteiger partial charge on any atom is 0.255 e. The highest BCUT2D eigenvalue weighted by molar-refractivity contribution is 6.31. The summed E-state index contributed by atoms with van der Waals surface area (Å²) in [6, 6.07) is 12.9. The van der Waals surface area contributed by atoms with Gasteiger partial charge in [-0.25, -0.2) is 4.39 Å². The van der Waals surface area contributed by atoms with Crippen molar-refractivity contribution in [3.8, 4) is 11.3 Å². The largest absolute Gasteiger partial charge is 0.319 e. The predicted molar refractivity (Wildman–Crippen MR) is 95.4 cm³/mol. The van der Waals surface area contributed by atoms with Crippen molar-refractivity contribution < 1.29 is 9.18 Å². The third kappa shape index (κ3) is 3.28. The molecule has 0 bridgehead atoms. The molecule has 1 saturated carbocycles. The Bertz CT molecular complexity index is 949. The summed E-state index contributed by atoms with van der Waals surface area (Å²) < 4.78 is 13.6. The molecule has 0 aliphatic heterocycles. The van der Waals surface area contributed by atoms with Gasteiger partial charge < -0.3 is 5.32 Å². The molecule has 1 aromatic heterocycles. The zero-order chi connectivity index (χ0) is 17.4. The third-order valence-corrected chi connectivity index (χ3v) is 4.44. The van der Waals surface area contributed by atoms with Crippen LogP contribution in [0, 0.1) is 5.82 Å². The number of rotatable bonds is 4. The van der Waals surface area contributed by atoms with Crippen molar-refractivity contribution in [2.24, 2.45) is 0 Å². The van der Waals surface area contributed by atoms with Crippen molar-refractivity contribution in [3.05, 3.63) is 70.6 Å². The summed E-state index contributed by atoms with van der Waals surface area (Å²) in [5, 5.41) is 10.8. The molecule has 4 nitrogen and oxygen atoms in total. The molecule has 126 valence electrons. The molecular weight excluding hydrogens is 341 g/mol. The highest BCUT2D eigenvalue weighted by Crippen LogP contribution is 2.45. The topological polar surface area (TPSA) is 57.8 Å². The van der Waals surface area contributed by atoms with Crippen LogP contribution in [0.4, 0.5) is 10.1 Å². The van der Waals surface area contributed by atoms with E-state index >= 15 is 0 Å². The van der Waals surface area contributed by atoms with Crippen LogP contribution in [0.1, 0.15) is 34.8 Å². The van der Waals surface area contributed by atoms with Gasteiger partial charge in [-0.3, -0.25) is 9.89 Å². The van der Waals surface area contributed by atoms with Crippen molar-refractivity contribution in [1.29, 1.82) is 0 Å². The monoisotopic (exact) mass is 355 g/mol. The van der Waals surface area contributed by atoms with Gasteiger partial charge in [0.25, 0.3) is 5.91 Å². The fourth-order valence-corrected chi connectivity index (χ4v) is 3.00. The lowest BCUT2D eigenvalue weighted by Crippen LogP contribution is -2.13. The number of hydrogen-bond donors (Lipinski definition) is 2. The number of anilines is 1. The summed E-state index contributed by atoms with van der Waals surface area (Å²) in [4.78, 5) is 12.6. The van der Waals surface area contributed by atoms with E-state index in [-0.39, 0.29) is 11.7 Å². The number of H-pyrrole nitrogens is 1. The SMILES string of the molecule is O=C(Nc1c(-c2cccc(F)c2)n[nH]c1C1CC1)c1cccc(Cl)c1. The minimum absolute atomic E-state index is 0.275. The second-order valence-corrected chi connectivity index (χ2v) is 6.55. The van der Waals surface area contributed by atoms with Gasteiger partial charge in [-0.05, 0) is 43.2 Å². The molecule has 1 fully saturated rings. The second-order valence-electron chi connectivity index (χ2n) is 6.11. The van der Waals surface area contributed by atoms with Crippen LogP contribution < -0.4 is 5.32 Å². The van der Waals surface area contributed by atoms with E-state index in [2.05, 4.69) is 15.5 Å². The molecule has 1 heterocycles. The molecule has 1 aliphatic carbocycles. The van der Waals surface area contributed by atoms with Crippen LogP contribution in [-0.4, -0.2) is 16.1 Å². The van der Waals surface area contributed by atoms with E-state index in [1.165, 1.54) is 12.1 Å². The lowest BCUT2D eigenvalue weighted by atomic mass is 10.1. The fourth-order valence-electron chi connectivity index (χ4n) is 2.81. The molecule has 1 amide bonds. The molecule has 25 heavy (non-hydrogen) atoms. The molecule has 6 heteroatoms. The van der Waals surface area contributed by atoms with Crippen LogP contribution in [0.2, 0.25) is 5.02 Å². The van der Waals surface area contributed by atoms with Crippen LogP contribution in [0.15, 0.2) is 48.5 Å². The zero-order valence-corrected chi connectivity index (χ0v) is 14.0. The fraction of sp³-hybridized carbons (Fsp3) is 0.158. The molecule has 0 spiro atoms. The van der Waals surface area contributed by atoms with Gasteiger partial charge in [-0.1, -0.05) is 29.8 Å². The molecule has 4 rings (SSSR count). The highest BCUT2D eigenvalue weighted by atomic mass is 35.5. The lowest BCUT2D eigenvalue weighted by molar-refractivity contribution is 0.102. The number of benzene rings is 2. The first kappa shape index (κ1) is 15.8. The van der Waals surface area contributed by atoms with Crippen LogP contribution >= 0.6 is 11.6 Å². The average molecular weight is 356 g/mol. The highest BCUT2D eigenvalue weighted by Gasteiger charge is 2.31. The molecule has 1 aliphatic rings. The smallest absolute Gasteiger partial charge is 0.255 e. The van der Waals surface area contributed by atoms with E-state index in [1.807, 2.05) is 0 Å². The van der Waals surface area contributed by atoms with Gasteiger partial charge in [0, 0.05) is 22.1 Å². The number of carbonyl (C=O) groups excluding carboxylic acids is 1. The number of nitrogens with one attached hydrogen (secondary N) is 2. The second kappa shape index (κ2) is 6.33. The zero-order valence-electron chi connectivity index (χ0n) is 13.2. The molecule has 2 aromatic carbocycles. The van der Waals surface area contributed by atoms with Gasteiger partial charge in [0.2, 0.25) is 0 Å². The maximum absolute atomic E-state index is 13.6. The quantitative estimate of drug-likeness (QED) is 0.692. The third-order valence-electron chi connectivity index (χ3n) is 4.20.